The van der Waals surface area contributed by atoms with Gasteiger partial charge in [-0.25, -0.2) is 4.79 Å². The first-order valence-electron chi connectivity index (χ1n) is 8.74. The third kappa shape index (κ3) is 9.18. The van der Waals surface area contributed by atoms with Gasteiger partial charge in [0.1, 0.15) is 0 Å². The highest BCUT2D eigenvalue weighted by atomic mass is 16.6. The second-order valence-corrected chi connectivity index (χ2v) is 5.92. The highest BCUT2D eigenvalue weighted by Crippen LogP contribution is 2.27. The number of ether oxygens (including phenoxy) is 2. The van der Waals surface area contributed by atoms with E-state index in [4.69, 9.17) is 24.5 Å². The van der Waals surface area contributed by atoms with Crippen LogP contribution in [0.5, 0.6) is 23.0 Å². The Morgan fingerprint density at radius 1 is 0.774 bits per heavy atom. The summed E-state index contributed by atoms with van der Waals surface area (Å²) in [6.45, 7) is 0. The Morgan fingerprint density at radius 2 is 1.13 bits per heavy atom. The number of carbonyl (C=O) groups is 3. The van der Waals surface area contributed by atoms with Gasteiger partial charge < -0.3 is 29.9 Å². The number of carbonyl (C=O) groups excluding carboxylic acids is 2. The number of ketones is 2. The number of phenolic OH excluding ortho intramolecular Hbond substituents is 2. The summed E-state index contributed by atoms with van der Waals surface area (Å²) in [7, 11) is 2.87. The normalized spacial score (nSPS) is 10.4. The summed E-state index contributed by atoms with van der Waals surface area (Å²) in [5.74, 6) is -0.0832. The molecule has 0 heterocycles. The molecule has 2 rings (SSSR count). The fraction of sp³-hybridized carbons (Fsp3) is 0.136. The van der Waals surface area contributed by atoms with E-state index in [1.165, 1.54) is 38.5 Å². The Labute approximate surface area is 178 Å². The molecule has 0 atom stereocenters. The Hall–Kier alpha value is -4.27. The molecule has 4 N–H and O–H groups in total. The van der Waals surface area contributed by atoms with Crippen LogP contribution in [0, 0.1) is 0 Å². The summed E-state index contributed by atoms with van der Waals surface area (Å²) < 4.78 is 10.00. The lowest BCUT2D eigenvalue weighted by Crippen LogP contribution is -2.01. The molecule has 0 saturated carbocycles. The fourth-order valence-electron chi connectivity index (χ4n) is 2.26. The predicted octanol–water partition coefficient (Wildman–Crippen LogP) is 3.59. The van der Waals surface area contributed by atoms with Crippen LogP contribution < -0.4 is 9.47 Å². The Bertz CT molecular complexity index is 913. The maximum absolute atomic E-state index is 11.9. The van der Waals surface area contributed by atoms with E-state index < -0.39 is 6.16 Å². The van der Waals surface area contributed by atoms with Gasteiger partial charge in [0.25, 0.3) is 0 Å². The summed E-state index contributed by atoms with van der Waals surface area (Å²) in [6, 6.07) is 9.34. The molecule has 0 fully saturated rings. The van der Waals surface area contributed by atoms with Crippen LogP contribution >= 0.6 is 0 Å². The number of methoxy groups -OCH3 is 2. The van der Waals surface area contributed by atoms with Crippen molar-refractivity contribution in [3.63, 3.8) is 0 Å². The number of benzene rings is 2. The first-order chi connectivity index (χ1) is 14.7. The van der Waals surface area contributed by atoms with Crippen LogP contribution in [0.4, 0.5) is 4.79 Å². The number of hydrogen-bond donors (Lipinski definition) is 4. The number of hydrogen-bond acceptors (Lipinski definition) is 7. The van der Waals surface area contributed by atoms with Crippen molar-refractivity contribution in [3.8, 4) is 23.0 Å². The first-order valence-corrected chi connectivity index (χ1v) is 8.74. The smallest absolute Gasteiger partial charge is 0.503 e. The lowest BCUT2D eigenvalue weighted by atomic mass is 10.1. The van der Waals surface area contributed by atoms with Crippen LogP contribution in [-0.4, -0.2) is 52.4 Å². The van der Waals surface area contributed by atoms with E-state index in [9.17, 15) is 19.8 Å². The number of rotatable bonds is 8. The minimum atomic E-state index is -1.83. The van der Waals surface area contributed by atoms with E-state index >= 15 is 0 Å². The van der Waals surface area contributed by atoms with E-state index in [1.807, 2.05) is 0 Å². The highest BCUT2D eigenvalue weighted by Gasteiger charge is 2.06. The minimum absolute atomic E-state index is 0.00662. The average Bonchev–Trinajstić information content (AvgIpc) is 2.72. The minimum Gasteiger partial charge on any atom is -0.504 e. The van der Waals surface area contributed by atoms with Crippen LogP contribution in [-0.2, 0) is 9.59 Å². The Morgan fingerprint density at radius 3 is 1.45 bits per heavy atom. The molecule has 2 aromatic rings. The van der Waals surface area contributed by atoms with Crippen molar-refractivity contribution >= 4 is 29.9 Å². The Balaban J connectivity index is 0.00000110. The number of phenols is 2. The van der Waals surface area contributed by atoms with E-state index in [2.05, 4.69) is 0 Å². The van der Waals surface area contributed by atoms with Gasteiger partial charge >= 0.3 is 6.16 Å². The molecule has 0 aliphatic carbocycles. The summed E-state index contributed by atoms with van der Waals surface area (Å²) in [5.41, 5.74) is 1.33. The van der Waals surface area contributed by atoms with E-state index in [0.717, 1.165) is 0 Å². The monoisotopic (exact) mass is 430 g/mol. The molecule has 0 radical (unpaired) electrons. The van der Waals surface area contributed by atoms with E-state index in [-0.39, 0.29) is 29.5 Å². The Kier molecular flexibility index (Phi) is 9.85. The molecule has 0 unspecified atom stereocenters. The third-order valence-electron chi connectivity index (χ3n) is 3.68. The molecule has 9 heteroatoms. The molecular weight excluding hydrogens is 408 g/mol. The van der Waals surface area contributed by atoms with Crippen LogP contribution in [0.15, 0.2) is 48.6 Å². The molecule has 0 aliphatic rings. The van der Waals surface area contributed by atoms with Crippen LogP contribution in [0.25, 0.3) is 12.2 Å². The second-order valence-electron chi connectivity index (χ2n) is 5.92. The largest absolute Gasteiger partial charge is 0.504 e. The maximum atomic E-state index is 11.9. The topological polar surface area (TPSA) is 151 Å². The zero-order valence-electron chi connectivity index (χ0n) is 16.8. The molecule has 2 aromatic carbocycles. The van der Waals surface area contributed by atoms with Gasteiger partial charge in [-0.2, -0.15) is 0 Å². The van der Waals surface area contributed by atoms with Crippen LogP contribution in [0.3, 0.4) is 0 Å². The highest BCUT2D eigenvalue weighted by molar-refractivity contribution is 6.10. The van der Waals surface area contributed by atoms with E-state index in [0.29, 0.717) is 22.6 Å². The van der Waals surface area contributed by atoms with Crippen molar-refractivity contribution in [2.45, 2.75) is 6.42 Å². The van der Waals surface area contributed by atoms with Gasteiger partial charge in [-0.05, 0) is 47.5 Å². The standard InChI is InChI=1S/C21H20O6.CH2O3/c1-26-20-11-14(5-9-18(20)24)3-7-16(22)13-17(23)8-4-15-6-10-19(25)21(12-15)27-2;2-1(3)4/h3-12,24-25H,13H2,1-2H3;(H2,2,3,4)/b7-3+,8-4+;. The summed E-state index contributed by atoms with van der Waals surface area (Å²) in [6.07, 6.45) is 3.61. The zero-order chi connectivity index (χ0) is 23.4. The lowest BCUT2D eigenvalue weighted by Gasteiger charge is -2.03. The summed E-state index contributed by atoms with van der Waals surface area (Å²) in [5, 5.41) is 33.0. The van der Waals surface area contributed by atoms with Gasteiger partial charge in [-0.15, -0.1) is 0 Å². The van der Waals surface area contributed by atoms with Crippen molar-refractivity contribution in [1.82, 2.24) is 0 Å². The molecule has 0 bridgehead atoms. The molecule has 0 aliphatic heterocycles. The van der Waals surface area contributed by atoms with Gasteiger partial charge in [-0.1, -0.05) is 24.3 Å². The fourth-order valence-corrected chi connectivity index (χ4v) is 2.26. The molecule has 0 saturated heterocycles. The van der Waals surface area contributed by atoms with Crippen LogP contribution in [0.1, 0.15) is 17.5 Å². The predicted molar refractivity (Wildman–Crippen MR) is 113 cm³/mol. The van der Waals surface area contributed by atoms with Gasteiger partial charge in [-0.3, -0.25) is 9.59 Å². The number of carboxylic acid groups (broad SMARTS) is 2. The second kappa shape index (κ2) is 12.3. The third-order valence-corrected chi connectivity index (χ3v) is 3.68. The molecule has 9 nitrogen and oxygen atoms in total. The summed E-state index contributed by atoms with van der Waals surface area (Å²) >= 11 is 0. The zero-order valence-corrected chi connectivity index (χ0v) is 16.8. The van der Waals surface area contributed by atoms with Crippen molar-refractivity contribution in [1.29, 1.82) is 0 Å². The van der Waals surface area contributed by atoms with Crippen molar-refractivity contribution in [3.05, 3.63) is 59.7 Å². The van der Waals surface area contributed by atoms with Crippen molar-refractivity contribution < 1.29 is 44.3 Å². The molecule has 0 aromatic heterocycles. The number of allylic oxidation sites excluding steroid dienone is 2. The van der Waals surface area contributed by atoms with Gasteiger partial charge in [0, 0.05) is 0 Å². The molecule has 0 amide bonds. The number of aromatic hydroxyl groups is 2. The lowest BCUT2D eigenvalue weighted by molar-refractivity contribution is -0.121. The quantitative estimate of drug-likeness (QED) is 0.364. The van der Waals surface area contributed by atoms with E-state index in [1.54, 1.807) is 36.4 Å². The molecule has 31 heavy (non-hydrogen) atoms. The van der Waals surface area contributed by atoms with Gasteiger partial charge in [0.05, 0.1) is 20.6 Å². The SMILES string of the molecule is COc1cc(/C=C/C(=O)CC(=O)/C=C/c2ccc(O)c(OC)c2)ccc1O.O=C(O)O. The molecular formula is C22H22O9. The average molecular weight is 430 g/mol. The summed E-state index contributed by atoms with van der Waals surface area (Å²) in [4.78, 5) is 32.4. The maximum Gasteiger partial charge on any atom is 0.503 e. The van der Waals surface area contributed by atoms with Gasteiger partial charge in [0.15, 0.2) is 34.6 Å². The first kappa shape index (κ1) is 24.8. The molecule has 164 valence electrons. The van der Waals surface area contributed by atoms with Crippen molar-refractivity contribution in [2.75, 3.05) is 14.2 Å². The molecule has 0 spiro atoms. The van der Waals surface area contributed by atoms with Gasteiger partial charge in [0.2, 0.25) is 0 Å². The van der Waals surface area contributed by atoms with Crippen LogP contribution in [0.2, 0.25) is 0 Å². The van der Waals surface area contributed by atoms with Crippen molar-refractivity contribution in [2.24, 2.45) is 0 Å².